The molecule has 1 aromatic carbocycles. The Kier molecular flexibility index (Phi) is 3.43. The molecule has 100 valence electrons. The summed E-state index contributed by atoms with van der Waals surface area (Å²) in [6.07, 6.45) is -3.28. The molecule has 2 aromatic rings. The number of nitrogens with one attached hydrogen (secondary N) is 1. The number of alkyl halides is 3. The van der Waals surface area contributed by atoms with Crippen LogP contribution in [0.3, 0.4) is 0 Å². The summed E-state index contributed by atoms with van der Waals surface area (Å²) in [6, 6.07) is 4.59. The summed E-state index contributed by atoms with van der Waals surface area (Å²) in [7, 11) is 0. The van der Waals surface area contributed by atoms with Crippen molar-refractivity contribution in [3.05, 3.63) is 40.9 Å². The fourth-order valence-corrected chi connectivity index (χ4v) is 2.00. The number of anilines is 2. The normalized spacial score (nSPS) is 11.3. The van der Waals surface area contributed by atoms with Gasteiger partial charge in [-0.2, -0.15) is 13.2 Å². The number of carboxylic acids is 1. The highest BCUT2D eigenvalue weighted by molar-refractivity contribution is 7.17. The predicted octanol–water partition coefficient (Wildman–Crippen LogP) is 3.60. The molecule has 0 saturated heterocycles. The molecule has 4 nitrogen and oxygen atoms in total. The summed E-state index contributed by atoms with van der Waals surface area (Å²) in [5, 5.41) is 11.6. The third-order valence-electron chi connectivity index (χ3n) is 2.16. The molecule has 0 aliphatic carbocycles. The van der Waals surface area contributed by atoms with Crippen molar-refractivity contribution in [3.8, 4) is 0 Å². The number of carboxylic acid groups (broad SMARTS) is 1. The average Bonchev–Trinajstić information content (AvgIpc) is 2.77. The first-order chi connectivity index (χ1) is 8.86. The lowest BCUT2D eigenvalue weighted by Crippen LogP contribution is -2.05. The van der Waals surface area contributed by atoms with Gasteiger partial charge in [0, 0.05) is 5.69 Å². The van der Waals surface area contributed by atoms with Crippen LogP contribution < -0.4 is 5.32 Å². The zero-order valence-corrected chi connectivity index (χ0v) is 10.0. The molecule has 2 rings (SSSR count). The summed E-state index contributed by atoms with van der Waals surface area (Å²) in [6.45, 7) is 0. The summed E-state index contributed by atoms with van der Waals surface area (Å²) in [4.78, 5) is 14.4. The Hall–Kier alpha value is -2.09. The number of aromatic carboxylic acids is 1. The van der Waals surface area contributed by atoms with Crippen LogP contribution in [0, 0.1) is 0 Å². The number of rotatable bonds is 3. The lowest BCUT2D eigenvalue weighted by Gasteiger charge is -2.08. The molecule has 0 bridgehead atoms. The van der Waals surface area contributed by atoms with Gasteiger partial charge in [0.25, 0.3) is 0 Å². The minimum atomic E-state index is -4.42. The van der Waals surface area contributed by atoms with Gasteiger partial charge in [-0.25, -0.2) is 9.78 Å². The highest BCUT2D eigenvalue weighted by atomic mass is 32.1. The Morgan fingerprint density at radius 1 is 1.37 bits per heavy atom. The van der Waals surface area contributed by atoms with Gasteiger partial charge in [0.2, 0.25) is 0 Å². The predicted molar refractivity (Wildman–Crippen MR) is 63.8 cm³/mol. The van der Waals surface area contributed by atoms with Crippen LogP contribution >= 0.6 is 11.3 Å². The lowest BCUT2D eigenvalue weighted by atomic mass is 10.2. The van der Waals surface area contributed by atoms with Crippen molar-refractivity contribution >= 4 is 28.1 Å². The molecule has 0 aliphatic heterocycles. The quantitative estimate of drug-likeness (QED) is 0.905. The van der Waals surface area contributed by atoms with E-state index in [1.165, 1.54) is 12.1 Å². The second-order valence-corrected chi connectivity index (χ2v) is 4.57. The molecule has 1 aromatic heterocycles. The van der Waals surface area contributed by atoms with E-state index in [0.717, 1.165) is 29.7 Å². The van der Waals surface area contributed by atoms with Crippen LogP contribution in [0.4, 0.5) is 24.0 Å². The van der Waals surface area contributed by atoms with E-state index in [-0.39, 0.29) is 15.7 Å². The van der Waals surface area contributed by atoms with E-state index in [2.05, 4.69) is 10.3 Å². The third-order valence-corrected chi connectivity index (χ3v) is 3.06. The van der Waals surface area contributed by atoms with Crippen molar-refractivity contribution in [1.29, 1.82) is 0 Å². The molecule has 8 heteroatoms. The molecule has 0 spiro atoms. The molecule has 0 amide bonds. The topological polar surface area (TPSA) is 62.2 Å². The Morgan fingerprint density at radius 2 is 2.11 bits per heavy atom. The zero-order chi connectivity index (χ0) is 14.0. The van der Waals surface area contributed by atoms with Gasteiger partial charge >= 0.3 is 12.1 Å². The molecule has 2 N–H and O–H groups in total. The molecule has 0 unspecified atom stereocenters. The Balaban J connectivity index is 2.21. The van der Waals surface area contributed by atoms with Gasteiger partial charge in [0.15, 0.2) is 5.13 Å². The maximum absolute atomic E-state index is 12.5. The summed E-state index contributed by atoms with van der Waals surface area (Å²) in [5.74, 6) is -1.13. The van der Waals surface area contributed by atoms with E-state index in [1.54, 1.807) is 0 Å². The standard InChI is InChI=1S/C11H7F3N2O2S/c12-11(13,14)6-2-1-3-7(4-6)16-10-15-5-8(19-10)9(17)18/h1-5H,(H,15,16)(H,17,18). The number of benzene rings is 1. The Bertz CT molecular complexity index is 610. The van der Waals surface area contributed by atoms with Gasteiger partial charge in [-0.1, -0.05) is 17.4 Å². The van der Waals surface area contributed by atoms with Crippen molar-refractivity contribution in [2.75, 3.05) is 5.32 Å². The second kappa shape index (κ2) is 4.88. The zero-order valence-electron chi connectivity index (χ0n) is 9.23. The summed E-state index contributed by atoms with van der Waals surface area (Å²) < 4.78 is 37.5. The molecular formula is C11H7F3N2O2S. The van der Waals surface area contributed by atoms with E-state index in [4.69, 9.17) is 5.11 Å². The number of halogens is 3. The maximum atomic E-state index is 12.5. The molecule has 0 atom stereocenters. The lowest BCUT2D eigenvalue weighted by molar-refractivity contribution is -0.137. The Morgan fingerprint density at radius 3 is 2.68 bits per heavy atom. The van der Waals surface area contributed by atoms with E-state index in [9.17, 15) is 18.0 Å². The van der Waals surface area contributed by atoms with E-state index in [0.29, 0.717) is 0 Å². The SMILES string of the molecule is O=C(O)c1cnc(Nc2cccc(C(F)(F)F)c2)s1. The van der Waals surface area contributed by atoms with Gasteiger partial charge < -0.3 is 10.4 Å². The molecule has 0 radical (unpaired) electrons. The van der Waals surface area contributed by atoms with Gasteiger partial charge in [-0.15, -0.1) is 0 Å². The minimum Gasteiger partial charge on any atom is -0.477 e. The first kappa shape index (κ1) is 13.3. The second-order valence-electron chi connectivity index (χ2n) is 3.54. The van der Waals surface area contributed by atoms with Crippen LogP contribution in [0.1, 0.15) is 15.2 Å². The molecule has 0 saturated carbocycles. The minimum absolute atomic E-state index is 0.00877. The summed E-state index contributed by atoms with van der Waals surface area (Å²) >= 11 is 0.846. The molecule has 0 aliphatic rings. The largest absolute Gasteiger partial charge is 0.477 e. The van der Waals surface area contributed by atoms with Crippen LogP contribution in [0.5, 0.6) is 0 Å². The van der Waals surface area contributed by atoms with E-state index >= 15 is 0 Å². The van der Waals surface area contributed by atoms with Gasteiger partial charge in [-0.3, -0.25) is 0 Å². The van der Waals surface area contributed by atoms with Crippen LogP contribution in [0.2, 0.25) is 0 Å². The van der Waals surface area contributed by atoms with Crippen LogP contribution in [0.15, 0.2) is 30.5 Å². The number of hydrogen-bond donors (Lipinski definition) is 2. The molecular weight excluding hydrogens is 281 g/mol. The first-order valence-corrected chi connectivity index (χ1v) is 5.81. The molecule has 1 heterocycles. The Labute approximate surface area is 109 Å². The van der Waals surface area contributed by atoms with Crippen molar-refractivity contribution < 1.29 is 23.1 Å². The highest BCUT2D eigenvalue weighted by Gasteiger charge is 2.30. The van der Waals surface area contributed by atoms with Crippen LogP contribution in [-0.4, -0.2) is 16.1 Å². The van der Waals surface area contributed by atoms with Crippen LogP contribution in [-0.2, 0) is 6.18 Å². The summed E-state index contributed by atoms with van der Waals surface area (Å²) in [5.41, 5.74) is -0.589. The monoisotopic (exact) mass is 288 g/mol. The number of carbonyl (C=O) groups is 1. The molecule has 0 fully saturated rings. The number of aromatic nitrogens is 1. The fraction of sp³-hybridized carbons (Fsp3) is 0.0909. The highest BCUT2D eigenvalue weighted by Crippen LogP contribution is 2.31. The average molecular weight is 288 g/mol. The van der Waals surface area contributed by atoms with Crippen molar-refractivity contribution in [2.45, 2.75) is 6.18 Å². The first-order valence-electron chi connectivity index (χ1n) is 4.99. The van der Waals surface area contributed by atoms with E-state index < -0.39 is 17.7 Å². The third kappa shape index (κ3) is 3.22. The number of nitrogens with zero attached hydrogens (tertiary/aromatic N) is 1. The molecule has 19 heavy (non-hydrogen) atoms. The fourth-order valence-electron chi connectivity index (χ4n) is 1.33. The van der Waals surface area contributed by atoms with Gasteiger partial charge in [-0.05, 0) is 18.2 Å². The van der Waals surface area contributed by atoms with Gasteiger partial charge in [0.05, 0.1) is 11.8 Å². The van der Waals surface area contributed by atoms with Crippen molar-refractivity contribution in [3.63, 3.8) is 0 Å². The van der Waals surface area contributed by atoms with Crippen molar-refractivity contribution in [1.82, 2.24) is 4.98 Å². The van der Waals surface area contributed by atoms with Crippen LogP contribution in [0.25, 0.3) is 0 Å². The smallest absolute Gasteiger partial charge is 0.416 e. The number of hydrogen-bond acceptors (Lipinski definition) is 4. The van der Waals surface area contributed by atoms with Crippen molar-refractivity contribution in [2.24, 2.45) is 0 Å². The maximum Gasteiger partial charge on any atom is 0.416 e. The van der Waals surface area contributed by atoms with E-state index in [1.807, 2.05) is 0 Å². The number of thiazole rings is 1. The van der Waals surface area contributed by atoms with Gasteiger partial charge in [0.1, 0.15) is 4.88 Å².